The van der Waals surface area contributed by atoms with Crippen LogP contribution >= 0.6 is 11.6 Å². The van der Waals surface area contributed by atoms with Crippen LogP contribution < -0.4 is 10.5 Å². The molecule has 0 spiro atoms. The van der Waals surface area contributed by atoms with E-state index < -0.39 is 0 Å². The van der Waals surface area contributed by atoms with Gasteiger partial charge in [-0.25, -0.2) is 0 Å². The van der Waals surface area contributed by atoms with E-state index in [9.17, 15) is 0 Å². The van der Waals surface area contributed by atoms with Crippen molar-refractivity contribution in [3.05, 3.63) is 28.8 Å². The number of nitrogen functional groups attached to an aromatic ring is 1. The average molecular weight is 268 g/mol. The summed E-state index contributed by atoms with van der Waals surface area (Å²) in [6.45, 7) is 2.10. The Morgan fingerprint density at radius 3 is 2.67 bits per heavy atom. The molecule has 0 aromatic heterocycles. The molecule has 1 fully saturated rings. The maximum atomic E-state index is 7.35. The van der Waals surface area contributed by atoms with Crippen LogP contribution in [0.4, 0.5) is 0 Å². The number of hydrogen-bond donors (Lipinski definition) is 2. The lowest BCUT2D eigenvalue weighted by Crippen LogP contribution is -2.35. The smallest absolute Gasteiger partial charge is 0.138 e. The van der Waals surface area contributed by atoms with Crippen LogP contribution in [0.3, 0.4) is 0 Å². The highest BCUT2D eigenvalue weighted by Gasteiger charge is 2.19. The summed E-state index contributed by atoms with van der Waals surface area (Å²) in [5, 5.41) is 7.87. The van der Waals surface area contributed by atoms with Crippen LogP contribution in [0.5, 0.6) is 5.75 Å². The van der Waals surface area contributed by atoms with Gasteiger partial charge in [0.05, 0.1) is 5.02 Å². The number of ether oxygens (including phenoxy) is 1. The van der Waals surface area contributed by atoms with Crippen molar-refractivity contribution in [3.8, 4) is 5.75 Å². The minimum Gasteiger partial charge on any atom is -0.489 e. The number of piperidine rings is 1. The average Bonchev–Trinajstić information content (AvgIpc) is 2.34. The molecule has 0 radical (unpaired) electrons. The molecule has 1 saturated heterocycles. The van der Waals surface area contributed by atoms with Crippen molar-refractivity contribution in [3.63, 3.8) is 0 Å². The lowest BCUT2D eigenvalue weighted by Gasteiger charge is -2.29. The zero-order valence-electron chi connectivity index (χ0n) is 10.4. The summed E-state index contributed by atoms with van der Waals surface area (Å²) in [7, 11) is 2.12. The molecule has 5 heteroatoms. The number of likely N-dealkylation sites (tertiary alicyclic amines) is 1. The van der Waals surface area contributed by atoms with Gasteiger partial charge in [0.25, 0.3) is 0 Å². The monoisotopic (exact) mass is 267 g/mol. The maximum Gasteiger partial charge on any atom is 0.138 e. The van der Waals surface area contributed by atoms with E-state index in [-0.39, 0.29) is 11.9 Å². The summed E-state index contributed by atoms with van der Waals surface area (Å²) in [6, 6.07) is 5.23. The summed E-state index contributed by atoms with van der Waals surface area (Å²) >= 11 is 6.13. The molecule has 4 nitrogen and oxygen atoms in total. The van der Waals surface area contributed by atoms with Crippen molar-refractivity contribution >= 4 is 17.4 Å². The van der Waals surface area contributed by atoms with Gasteiger partial charge in [-0.1, -0.05) is 11.6 Å². The summed E-state index contributed by atoms with van der Waals surface area (Å²) in [5.41, 5.74) is 6.03. The lowest BCUT2D eigenvalue weighted by atomic mass is 10.1. The number of benzene rings is 1. The number of amidine groups is 1. The summed E-state index contributed by atoms with van der Waals surface area (Å²) in [5.74, 6) is 0.693. The Balaban J connectivity index is 2.03. The third-order valence-corrected chi connectivity index (χ3v) is 3.50. The first-order valence-corrected chi connectivity index (χ1v) is 6.43. The Kier molecular flexibility index (Phi) is 4.09. The Bertz CT molecular complexity index is 442. The highest BCUT2D eigenvalue weighted by atomic mass is 35.5. The molecule has 1 heterocycles. The molecule has 0 atom stereocenters. The predicted molar refractivity (Wildman–Crippen MR) is 73.6 cm³/mol. The van der Waals surface area contributed by atoms with Crippen molar-refractivity contribution in [2.24, 2.45) is 5.73 Å². The molecule has 0 unspecified atom stereocenters. The molecule has 0 amide bonds. The van der Waals surface area contributed by atoms with Gasteiger partial charge >= 0.3 is 0 Å². The first kappa shape index (κ1) is 13.2. The largest absolute Gasteiger partial charge is 0.489 e. The number of rotatable bonds is 3. The van der Waals surface area contributed by atoms with Crippen LogP contribution in [0, 0.1) is 5.41 Å². The van der Waals surface area contributed by atoms with Crippen molar-refractivity contribution in [1.29, 1.82) is 5.41 Å². The minimum absolute atomic E-state index is 0.0164. The van der Waals surface area contributed by atoms with Gasteiger partial charge in [-0.15, -0.1) is 0 Å². The molecule has 3 N–H and O–H groups in total. The minimum atomic E-state index is 0.0164. The number of nitrogens with two attached hydrogens (primary N) is 1. The van der Waals surface area contributed by atoms with Gasteiger partial charge < -0.3 is 15.4 Å². The van der Waals surface area contributed by atoms with E-state index >= 15 is 0 Å². The third kappa shape index (κ3) is 3.15. The Labute approximate surface area is 112 Å². The number of nitrogens with zero attached hydrogens (tertiary/aromatic N) is 1. The van der Waals surface area contributed by atoms with Gasteiger partial charge in [-0.05, 0) is 38.1 Å². The molecule has 1 aromatic carbocycles. The van der Waals surface area contributed by atoms with Gasteiger partial charge in [0.15, 0.2) is 0 Å². The van der Waals surface area contributed by atoms with Crippen LogP contribution in [-0.2, 0) is 0 Å². The molecular weight excluding hydrogens is 250 g/mol. The fourth-order valence-corrected chi connectivity index (χ4v) is 2.27. The maximum absolute atomic E-state index is 7.35. The van der Waals surface area contributed by atoms with Crippen molar-refractivity contribution in [2.75, 3.05) is 20.1 Å². The SMILES string of the molecule is CN1CCC(Oc2ccc(C(=N)N)cc2Cl)CC1. The Hall–Kier alpha value is -1.26. The molecule has 1 aliphatic rings. The van der Waals surface area contributed by atoms with Crippen LogP contribution in [0.15, 0.2) is 18.2 Å². The first-order chi connectivity index (χ1) is 8.56. The molecule has 98 valence electrons. The third-order valence-electron chi connectivity index (χ3n) is 3.20. The molecule has 0 aliphatic carbocycles. The van der Waals surface area contributed by atoms with Gasteiger partial charge in [0.2, 0.25) is 0 Å². The zero-order chi connectivity index (χ0) is 13.1. The van der Waals surface area contributed by atoms with Gasteiger partial charge in [-0.2, -0.15) is 0 Å². The van der Waals surface area contributed by atoms with Crippen molar-refractivity contribution in [2.45, 2.75) is 18.9 Å². The second-order valence-corrected chi connectivity index (χ2v) is 5.09. The van der Waals surface area contributed by atoms with E-state index in [0.717, 1.165) is 25.9 Å². The molecule has 18 heavy (non-hydrogen) atoms. The van der Waals surface area contributed by atoms with Crippen LogP contribution in [0.1, 0.15) is 18.4 Å². The summed E-state index contributed by atoms with van der Waals surface area (Å²) in [4.78, 5) is 2.29. The molecular formula is C13H18ClN3O. The Morgan fingerprint density at radius 1 is 1.44 bits per heavy atom. The quantitative estimate of drug-likeness (QED) is 0.651. The van der Waals surface area contributed by atoms with E-state index in [0.29, 0.717) is 16.3 Å². The normalized spacial score (nSPS) is 17.7. The van der Waals surface area contributed by atoms with E-state index in [1.165, 1.54) is 0 Å². The van der Waals surface area contributed by atoms with Crippen LogP contribution in [-0.4, -0.2) is 37.0 Å². The fraction of sp³-hybridized carbons (Fsp3) is 0.462. The second-order valence-electron chi connectivity index (χ2n) is 4.68. The van der Waals surface area contributed by atoms with Gasteiger partial charge in [0, 0.05) is 18.7 Å². The lowest BCUT2D eigenvalue weighted by molar-refractivity contribution is 0.114. The van der Waals surface area contributed by atoms with Crippen molar-refractivity contribution < 1.29 is 4.74 Å². The number of nitrogens with one attached hydrogen (secondary N) is 1. The highest BCUT2D eigenvalue weighted by molar-refractivity contribution is 6.32. The van der Waals surface area contributed by atoms with E-state index in [1.54, 1.807) is 18.2 Å². The Morgan fingerprint density at radius 2 is 2.11 bits per heavy atom. The molecule has 0 bridgehead atoms. The molecule has 0 saturated carbocycles. The zero-order valence-corrected chi connectivity index (χ0v) is 11.2. The standard InChI is InChI=1S/C13H18ClN3O/c1-17-6-4-10(5-7-17)18-12-3-2-9(13(15)16)8-11(12)14/h2-3,8,10H,4-7H2,1H3,(H3,15,16). The first-order valence-electron chi connectivity index (χ1n) is 6.05. The summed E-state index contributed by atoms with van der Waals surface area (Å²) in [6.07, 6.45) is 2.25. The van der Waals surface area contributed by atoms with Gasteiger partial charge in [0.1, 0.15) is 17.7 Å². The molecule has 1 aliphatic heterocycles. The molecule has 1 aromatic rings. The van der Waals surface area contributed by atoms with Crippen LogP contribution in [0.25, 0.3) is 0 Å². The molecule has 2 rings (SSSR count). The summed E-state index contributed by atoms with van der Waals surface area (Å²) < 4.78 is 5.90. The van der Waals surface area contributed by atoms with E-state index in [4.69, 9.17) is 27.5 Å². The number of hydrogen-bond acceptors (Lipinski definition) is 3. The van der Waals surface area contributed by atoms with Crippen molar-refractivity contribution in [1.82, 2.24) is 4.90 Å². The van der Waals surface area contributed by atoms with E-state index in [1.807, 2.05) is 0 Å². The van der Waals surface area contributed by atoms with E-state index in [2.05, 4.69) is 11.9 Å². The predicted octanol–water partition coefficient (Wildman–Crippen LogP) is 2.10. The second kappa shape index (κ2) is 5.59. The highest BCUT2D eigenvalue weighted by Crippen LogP contribution is 2.28. The number of halogens is 1. The topological polar surface area (TPSA) is 62.3 Å². The van der Waals surface area contributed by atoms with Gasteiger partial charge in [-0.3, -0.25) is 5.41 Å². The van der Waals surface area contributed by atoms with Crippen LogP contribution in [0.2, 0.25) is 5.02 Å². The fourth-order valence-electron chi connectivity index (χ4n) is 2.05.